The molecule has 4 heterocycles. The molecule has 4 aromatic rings. The van der Waals surface area contributed by atoms with Gasteiger partial charge in [-0.1, -0.05) is 34.6 Å². The number of furan rings is 1. The molecule has 0 aliphatic carbocycles. The molecule has 5 rings (SSSR count). The maximum absolute atomic E-state index is 6.26. The molecule has 1 atom stereocenters. The molecular weight excluding hydrogens is 424 g/mol. The van der Waals surface area contributed by atoms with Crippen molar-refractivity contribution in [3.63, 3.8) is 0 Å². The normalized spacial score (nSPS) is 15.1. The van der Waals surface area contributed by atoms with E-state index >= 15 is 0 Å². The van der Waals surface area contributed by atoms with Crippen LogP contribution in [0.2, 0.25) is 5.02 Å². The molecular formula is C20H19ClN6O2S. The van der Waals surface area contributed by atoms with Crippen molar-refractivity contribution >= 4 is 29.3 Å². The van der Waals surface area contributed by atoms with Crippen molar-refractivity contribution < 1.29 is 8.94 Å². The second kappa shape index (κ2) is 8.16. The number of benzene rings is 1. The van der Waals surface area contributed by atoms with E-state index in [-0.39, 0.29) is 5.25 Å². The maximum Gasteiger partial charge on any atom is 0.240 e. The first kappa shape index (κ1) is 19.2. The first-order valence-electron chi connectivity index (χ1n) is 9.69. The van der Waals surface area contributed by atoms with Gasteiger partial charge in [-0.15, -0.1) is 10.2 Å². The van der Waals surface area contributed by atoms with Gasteiger partial charge in [-0.25, -0.2) is 0 Å². The van der Waals surface area contributed by atoms with Crippen LogP contribution >= 0.6 is 23.4 Å². The summed E-state index contributed by atoms with van der Waals surface area (Å²) in [5.74, 6) is 2.32. The van der Waals surface area contributed by atoms with E-state index in [1.54, 1.807) is 18.4 Å². The summed E-state index contributed by atoms with van der Waals surface area (Å²) in [5, 5.41) is 14.3. The summed E-state index contributed by atoms with van der Waals surface area (Å²) >= 11 is 7.77. The molecule has 1 aliphatic rings. The van der Waals surface area contributed by atoms with Crippen LogP contribution in [0, 0.1) is 0 Å². The van der Waals surface area contributed by atoms with Gasteiger partial charge in [0, 0.05) is 18.1 Å². The minimum atomic E-state index is -0.130. The highest BCUT2D eigenvalue weighted by molar-refractivity contribution is 7.99. The molecule has 3 aromatic heterocycles. The van der Waals surface area contributed by atoms with E-state index in [1.165, 1.54) is 11.8 Å². The van der Waals surface area contributed by atoms with E-state index in [0.29, 0.717) is 22.5 Å². The quantitative estimate of drug-likeness (QED) is 0.385. The molecule has 0 bridgehead atoms. The van der Waals surface area contributed by atoms with Gasteiger partial charge >= 0.3 is 0 Å². The van der Waals surface area contributed by atoms with Crippen LogP contribution in [0.1, 0.15) is 30.9 Å². The van der Waals surface area contributed by atoms with Crippen molar-refractivity contribution in [3.05, 3.63) is 53.6 Å². The molecule has 1 aliphatic heterocycles. The third kappa shape index (κ3) is 3.70. The Bertz CT molecular complexity index is 1140. The summed E-state index contributed by atoms with van der Waals surface area (Å²) in [5.41, 5.74) is 0.922. The van der Waals surface area contributed by atoms with Crippen molar-refractivity contribution in [3.8, 4) is 17.3 Å². The zero-order chi connectivity index (χ0) is 20.5. The number of anilines is 1. The van der Waals surface area contributed by atoms with Crippen LogP contribution in [0.5, 0.6) is 0 Å². The van der Waals surface area contributed by atoms with Gasteiger partial charge in [-0.3, -0.25) is 4.57 Å². The molecule has 1 saturated heterocycles. The first-order chi connectivity index (χ1) is 14.7. The number of halogens is 1. The lowest BCUT2D eigenvalue weighted by atomic mass is 10.3. The Hall–Kier alpha value is -2.78. The Morgan fingerprint density at radius 1 is 1.13 bits per heavy atom. The number of aromatic nitrogens is 5. The third-order valence-electron chi connectivity index (χ3n) is 4.88. The second-order valence-electron chi connectivity index (χ2n) is 6.99. The Morgan fingerprint density at radius 3 is 2.77 bits per heavy atom. The Labute approximate surface area is 182 Å². The van der Waals surface area contributed by atoms with Crippen LogP contribution < -0.4 is 4.90 Å². The SMILES string of the molecule is CC(Sc1nnc(N2CCCC2)n1-c1cccc(Cl)c1)c1nc(-c2ccco2)no1. The van der Waals surface area contributed by atoms with E-state index in [0.717, 1.165) is 42.7 Å². The summed E-state index contributed by atoms with van der Waals surface area (Å²) in [4.78, 5) is 6.72. The smallest absolute Gasteiger partial charge is 0.240 e. The predicted molar refractivity (Wildman–Crippen MR) is 114 cm³/mol. The topological polar surface area (TPSA) is 86.0 Å². The summed E-state index contributed by atoms with van der Waals surface area (Å²) in [6.07, 6.45) is 3.88. The fourth-order valence-electron chi connectivity index (χ4n) is 3.42. The molecule has 30 heavy (non-hydrogen) atoms. The summed E-state index contributed by atoms with van der Waals surface area (Å²) in [6, 6.07) is 11.3. The fraction of sp³-hybridized carbons (Fsp3) is 0.300. The van der Waals surface area contributed by atoms with Crippen molar-refractivity contribution in [1.29, 1.82) is 0 Å². The van der Waals surface area contributed by atoms with Crippen LogP contribution in [-0.2, 0) is 0 Å². The monoisotopic (exact) mass is 442 g/mol. The Morgan fingerprint density at radius 2 is 2.00 bits per heavy atom. The van der Waals surface area contributed by atoms with Crippen LogP contribution in [0.25, 0.3) is 17.3 Å². The van der Waals surface area contributed by atoms with E-state index < -0.39 is 0 Å². The lowest BCUT2D eigenvalue weighted by Crippen LogP contribution is -2.22. The van der Waals surface area contributed by atoms with Gasteiger partial charge < -0.3 is 13.8 Å². The molecule has 8 nitrogen and oxygen atoms in total. The lowest BCUT2D eigenvalue weighted by molar-refractivity contribution is 0.379. The van der Waals surface area contributed by atoms with Gasteiger partial charge in [0.15, 0.2) is 10.9 Å². The van der Waals surface area contributed by atoms with Crippen LogP contribution in [0.15, 0.2) is 56.8 Å². The van der Waals surface area contributed by atoms with E-state index in [1.807, 2.05) is 35.8 Å². The number of hydrogen-bond acceptors (Lipinski definition) is 8. The molecule has 154 valence electrons. The summed E-state index contributed by atoms with van der Waals surface area (Å²) in [7, 11) is 0. The van der Waals surface area contributed by atoms with Crippen LogP contribution in [0.4, 0.5) is 5.95 Å². The molecule has 0 spiro atoms. The van der Waals surface area contributed by atoms with E-state index in [9.17, 15) is 0 Å². The molecule has 1 fully saturated rings. The van der Waals surface area contributed by atoms with Crippen LogP contribution in [0.3, 0.4) is 0 Å². The van der Waals surface area contributed by atoms with Crippen molar-refractivity contribution in [2.24, 2.45) is 0 Å². The number of rotatable bonds is 6. The molecule has 1 unspecified atom stereocenters. The average Bonchev–Trinajstić information content (AvgIpc) is 3.55. The molecule has 0 saturated carbocycles. The van der Waals surface area contributed by atoms with Gasteiger partial charge in [0.25, 0.3) is 0 Å². The van der Waals surface area contributed by atoms with Crippen molar-refractivity contribution in [2.45, 2.75) is 30.2 Å². The molecule has 0 amide bonds. The van der Waals surface area contributed by atoms with Gasteiger partial charge in [0.1, 0.15) is 0 Å². The molecule has 0 radical (unpaired) electrons. The summed E-state index contributed by atoms with van der Waals surface area (Å²) < 4.78 is 12.8. The van der Waals surface area contributed by atoms with E-state index in [2.05, 4.69) is 25.2 Å². The number of hydrogen-bond donors (Lipinski definition) is 0. The largest absolute Gasteiger partial charge is 0.461 e. The fourth-order valence-corrected chi connectivity index (χ4v) is 4.49. The highest BCUT2D eigenvalue weighted by atomic mass is 35.5. The van der Waals surface area contributed by atoms with Crippen molar-refractivity contribution in [2.75, 3.05) is 18.0 Å². The van der Waals surface area contributed by atoms with Gasteiger partial charge in [0.2, 0.25) is 17.7 Å². The first-order valence-corrected chi connectivity index (χ1v) is 11.0. The van der Waals surface area contributed by atoms with Gasteiger partial charge in [0.05, 0.1) is 17.2 Å². The lowest BCUT2D eigenvalue weighted by Gasteiger charge is -2.19. The average molecular weight is 443 g/mol. The second-order valence-corrected chi connectivity index (χ2v) is 8.73. The molecule has 0 N–H and O–H groups in total. The van der Waals surface area contributed by atoms with Gasteiger partial charge in [-0.05, 0) is 50.1 Å². The zero-order valence-electron chi connectivity index (χ0n) is 16.2. The highest BCUT2D eigenvalue weighted by Gasteiger charge is 2.26. The maximum atomic E-state index is 6.26. The van der Waals surface area contributed by atoms with E-state index in [4.69, 9.17) is 20.5 Å². The third-order valence-corrected chi connectivity index (χ3v) is 6.15. The Balaban J connectivity index is 1.46. The Kier molecular flexibility index (Phi) is 5.22. The summed E-state index contributed by atoms with van der Waals surface area (Å²) in [6.45, 7) is 3.93. The van der Waals surface area contributed by atoms with Gasteiger partial charge in [-0.2, -0.15) is 4.98 Å². The highest BCUT2D eigenvalue weighted by Crippen LogP contribution is 2.37. The molecule has 1 aromatic carbocycles. The number of nitrogens with zero attached hydrogens (tertiary/aromatic N) is 6. The minimum absolute atomic E-state index is 0.130. The predicted octanol–water partition coefficient (Wildman–Crippen LogP) is 5.02. The minimum Gasteiger partial charge on any atom is -0.461 e. The standard InChI is InChI=1S/C20H19ClN6O2S/c1-13(18-22-17(25-29-18)16-8-5-11-28-16)30-20-24-23-19(26-9-2-3-10-26)27(20)15-7-4-6-14(21)12-15/h4-8,11-13H,2-3,9-10H2,1H3. The molecule has 10 heteroatoms. The number of thioether (sulfide) groups is 1. The zero-order valence-corrected chi connectivity index (χ0v) is 17.8. The van der Waals surface area contributed by atoms with Crippen molar-refractivity contribution in [1.82, 2.24) is 24.9 Å². The van der Waals surface area contributed by atoms with Crippen LogP contribution in [-0.4, -0.2) is 38.0 Å².